The topological polar surface area (TPSA) is 41.4 Å². The van der Waals surface area contributed by atoms with Crippen LogP contribution in [0.1, 0.15) is 13.8 Å². The molecule has 16 heavy (non-hydrogen) atoms. The van der Waals surface area contributed by atoms with Gasteiger partial charge >= 0.3 is 6.03 Å². The minimum Gasteiger partial charge on any atom is -0.320 e. The highest BCUT2D eigenvalue weighted by Gasteiger charge is 2.19. The van der Waals surface area contributed by atoms with E-state index in [-0.39, 0.29) is 12.1 Å². The van der Waals surface area contributed by atoms with Crippen LogP contribution in [0.4, 0.5) is 4.79 Å². The lowest BCUT2D eigenvalue weighted by Crippen LogP contribution is -2.45. The fraction of sp³-hybridized carbons (Fsp3) is 0.636. The molecule has 0 saturated carbocycles. The Morgan fingerprint density at radius 1 is 1.50 bits per heavy atom. The van der Waals surface area contributed by atoms with Crippen molar-refractivity contribution < 1.29 is 4.79 Å². The first-order chi connectivity index (χ1) is 7.56. The first kappa shape index (κ1) is 12.7. The maximum Gasteiger partial charge on any atom is 0.329 e. The maximum atomic E-state index is 12.1. The van der Waals surface area contributed by atoms with Crippen molar-refractivity contribution in [2.24, 2.45) is 0 Å². The number of carbonyl (C=O) groups is 1. The molecule has 0 N–H and O–H groups in total. The maximum absolute atomic E-state index is 12.1. The molecule has 1 atom stereocenters. The smallest absolute Gasteiger partial charge is 0.320 e. The second-order valence-corrected chi connectivity index (χ2v) is 4.15. The number of hydrogen-bond donors (Lipinski definition) is 0. The molecule has 0 aromatic carbocycles. The lowest BCUT2D eigenvalue weighted by Gasteiger charge is -2.29. The monoisotopic (exact) mass is 224 g/mol. The van der Waals surface area contributed by atoms with Crippen molar-refractivity contribution in [3.05, 3.63) is 18.7 Å². The Kier molecular flexibility index (Phi) is 4.49. The van der Waals surface area contributed by atoms with Crippen LogP contribution >= 0.6 is 0 Å². The minimum atomic E-state index is -0.0191. The third-order valence-electron chi connectivity index (χ3n) is 2.47. The van der Waals surface area contributed by atoms with Crippen molar-refractivity contribution in [3.63, 3.8) is 0 Å². The summed E-state index contributed by atoms with van der Waals surface area (Å²) in [5.41, 5.74) is 0. The van der Waals surface area contributed by atoms with Crippen LogP contribution in [0, 0.1) is 0 Å². The van der Waals surface area contributed by atoms with Gasteiger partial charge in [0, 0.05) is 31.5 Å². The molecule has 0 saturated heterocycles. The van der Waals surface area contributed by atoms with Crippen LogP contribution in [-0.4, -0.2) is 58.6 Å². The zero-order chi connectivity index (χ0) is 12.1. The van der Waals surface area contributed by atoms with Gasteiger partial charge in [-0.05, 0) is 27.9 Å². The summed E-state index contributed by atoms with van der Waals surface area (Å²) in [7, 11) is 4.01. The van der Waals surface area contributed by atoms with E-state index in [9.17, 15) is 4.79 Å². The van der Waals surface area contributed by atoms with Crippen LogP contribution in [-0.2, 0) is 0 Å². The molecule has 0 aliphatic rings. The predicted octanol–water partition coefficient (Wildman–Crippen LogP) is 1.12. The van der Waals surface area contributed by atoms with E-state index in [1.807, 2.05) is 25.9 Å². The first-order valence-corrected chi connectivity index (χ1v) is 5.50. The van der Waals surface area contributed by atoms with Crippen LogP contribution in [0.2, 0.25) is 0 Å². The molecular weight excluding hydrogens is 204 g/mol. The average Bonchev–Trinajstić information content (AvgIpc) is 2.69. The summed E-state index contributed by atoms with van der Waals surface area (Å²) in [5.74, 6) is 0. The Bertz CT molecular complexity index is 321. The van der Waals surface area contributed by atoms with Crippen LogP contribution in [0.3, 0.4) is 0 Å². The van der Waals surface area contributed by atoms with E-state index in [0.29, 0.717) is 6.54 Å². The van der Waals surface area contributed by atoms with Gasteiger partial charge in [0.15, 0.2) is 0 Å². The summed E-state index contributed by atoms with van der Waals surface area (Å²) < 4.78 is 1.51. The zero-order valence-electron chi connectivity index (χ0n) is 10.4. The molecule has 0 bridgehead atoms. The molecule has 0 fully saturated rings. The van der Waals surface area contributed by atoms with E-state index in [0.717, 1.165) is 6.54 Å². The van der Waals surface area contributed by atoms with Crippen molar-refractivity contribution in [2.45, 2.75) is 19.9 Å². The van der Waals surface area contributed by atoms with Gasteiger partial charge in [0.05, 0.1) is 0 Å². The largest absolute Gasteiger partial charge is 0.329 e. The summed E-state index contributed by atoms with van der Waals surface area (Å²) in [6, 6.07) is 0.171. The van der Waals surface area contributed by atoms with Crippen molar-refractivity contribution in [2.75, 3.05) is 27.2 Å². The van der Waals surface area contributed by atoms with Crippen molar-refractivity contribution >= 4 is 6.03 Å². The number of aromatic nitrogens is 2. The van der Waals surface area contributed by atoms with Gasteiger partial charge in [-0.2, -0.15) is 0 Å². The third-order valence-corrected chi connectivity index (χ3v) is 2.47. The number of rotatable bonds is 4. The molecule has 1 rings (SSSR count). The van der Waals surface area contributed by atoms with Crippen molar-refractivity contribution in [1.82, 2.24) is 19.4 Å². The van der Waals surface area contributed by atoms with Crippen LogP contribution in [0.5, 0.6) is 0 Å². The summed E-state index contributed by atoms with van der Waals surface area (Å²) >= 11 is 0. The van der Waals surface area contributed by atoms with Gasteiger partial charge in [-0.1, -0.05) is 0 Å². The molecule has 1 heterocycles. The molecule has 1 aromatic heterocycles. The number of imidazole rings is 1. The van der Waals surface area contributed by atoms with Gasteiger partial charge in [-0.25, -0.2) is 9.78 Å². The second-order valence-electron chi connectivity index (χ2n) is 4.15. The van der Waals surface area contributed by atoms with Crippen LogP contribution in [0.25, 0.3) is 0 Å². The predicted molar refractivity (Wildman–Crippen MR) is 63.4 cm³/mol. The standard InChI is InChI=1S/C11H20N4O/c1-5-15(10(2)8-13(3)4)11(16)14-7-6-12-9-14/h6-7,9-10H,5,8H2,1-4H3. The molecule has 0 aliphatic carbocycles. The second kappa shape index (κ2) is 5.65. The molecule has 0 spiro atoms. The van der Waals surface area contributed by atoms with E-state index in [1.165, 1.54) is 10.9 Å². The molecule has 5 nitrogen and oxygen atoms in total. The van der Waals surface area contributed by atoms with Gasteiger partial charge in [0.1, 0.15) is 6.33 Å². The Hall–Kier alpha value is -1.36. The fourth-order valence-corrected chi connectivity index (χ4v) is 1.78. The number of hydrogen-bond acceptors (Lipinski definition) is 3. The molecule has 5 heteroatoms. The number of likely N-dealkylation sites (N-methyl/N-ethyl adjacent to an activating group) is 2. The van der Waals surface area contributed by atoms with Gasteiger partial charge < -0.3 is 9.80 Å². The number of amides is 1. The van der Waals surface area contributed by atoms with Crippen molar-refractivity contribution in [3.8, 4) is 0 Å². The molecular formula is C11H20N4O. The highest BCUT2D eigenvalue weighted by atomic mass is 16.2. The van der Waals surface area contributed by atoms with E-state index in [4.69, 9.17) is 0 Å². The summed E-state index contributed by atoms with van der Waals surface area (Å²) in [4.78, 5) is 19.9. The van der Waals surface area contributed by atoms with Gasteiger partial charge in [-0.3, -0.25) is 4.57 Å². The van der Waals surface area contributed by atoms with E-state index < -0.39 is 0 Å². The summed E-state index contributed by atoms with van der Waals surface area (Å²) in [6.45, 7) is 5.60. The Morgan fingerprint density at radius 3 is 2.62 bits per heavy atom. The molecule has 90 valence electrons. The Labute approximate surface area is 96.7 Å². The number of nitrogens with zero attached hydrogens (tertiary/aromatic N) is 4. The Morgan fingerprint density at radius 2 is 2.19 bits per heavy atom. The normalized spacial score (nSPS) is 12.8. The molecule has 1 aromatic rings. The molecule has 1 unspecified atom stereocenters. The average molecular weight is 224 g/mol. The van der Waals surface area contributed by atoms with Crippen LogP contribution in [0.15, 0.2) is 18.7 Å². The van der Waals surface area contributed by atoms with Gasteiger partial charge in [0.2, 0.25) is 0 Å². The summed E-state index contributed by atoms with van der Waals surface area (Å²) in [5, 5.41) is 0. The van der Waals surface area contributed by atoms with E-state index in [1.54, 1.807) is 12.4 Å². The van der Waals surface area contributed by atoms with Gasteiger partial charge in [0.25, 0.3) is 0 Å². The molecule has 0 radical (unpaired) electrons. The highest BCUT2D eigenvalue weighted by molar-refractivity contribution is 5.76. The van der Waals surface area contributed by atoms with Gasteiger partial charge in [-0.15, -0.1) is 0 Å². The lowest BCUT2D eigenvalue weighted by atomic mass is 10.3. The number of carbonyl (C=O) groups excluding carboxylic acids is 1. The SMILES string of the molecule is CCN(C(=O)n1ccnc1)C(C)CN(C)C. The third kappa shape index (κ3) is 3.06. The fourth-order valence-electron chi connectivity index (χ4n) is 1.78. The van der Waals surface area contributed by atoms with Crippen LogP contribution < -0.4 is 0 Å². The summed E-state index contributed by atoms with van der Waals surface area (Å²) in [6.07, 6.45) is 4.82. The van der Waals surface area contributed by atoms with E-state index in [2.05, 4.69) is 16.8 Å². The quantitative estimate of drug-likeness (QED) is 0.769. The first-order valence-electron chi connectivity index (χ1n) is 5.50. The highest BCUT2D eigenvalue weighted by Crippen LogP contribution is 2.04. The lowest BCUT2D eigenvalue weighted by molar-refractivity contribution is 0.170. The Balaban J connectivity index is 2.70. The molecule has 1 amide bonds. The molecule has 0 aliphatic heterocycles. The zero-order valence-corrected chi connectivity index (χ0v) is 10.4. The van der Waals surface area contributed by atoms with E-state index >= 15 is 0 Å². The minimum absolute atomic E-state index is 0.0191. The van der Waals surface area contributed by atoms with Crippen molar-refractivity contribution in [1.29, 1.82) is 0 Å².